The average molecular weight is 305 g/mol. The lowest BCUT2D eigenvalue weighted by atomic mass is 10.0. The molecule has 0 aliphatic carbocycles. The van der Waals surface area contributed by atoms with Gasteiger partial charge >= 0.3 is 5.97 Å². The third-order valence-electron chi connectivity index (χ3n) is 3.05. The zero-order chi connectivity index (χ0) is 16.7. The molecule has 0 aliphatic heterocycles. The monoisotopic (exact) mass is 305 g/mol. The summed E-state index contributed by atoms with van der Waals surface area (Å²) in [7, 11) is 0. The fourth-order valence-electron chi connectivity index (χ4n) is 1.88. The molecule has 0 aromatic heterocycles. The van der Waals surface area contributed by atoms with Gasteiger partial charge in [0.25, 0.3) is 6.29 Å². The molecule has 0 spiro atoms. The average Bonchev–Trinajstić information content (AvgIpc) is 2.61. The summed E-state index contributed by atoms with van der Waals surface area (Å²) < 4.78 is 10.5. The first kappa shape index (κ1) is 16.1. The largest absolute Gasteiger partial charge is 0.451 e. The SMILES string of the molecule is C=CC(=O)OC(C=C)Oc1ccc(-c2ccc(C#N)cc2)cc1. The molecule has 0 N–H and O–H groups in total. The number of ether oxygens (including phenoxy) is 2. The van der Waals surface area contributed by atoms with Gasteiger partial charge in [-0.15, -0.1) is 0 Å². The molecule has 2 aromatic carbocycles. The zero-order valence-electron chi connectivity index (χ0n) is 12.4. The fourth-order valence-corrected chi connectivity index (χ4v) is 1.88. The Balaban J connectivity index is 2.09. The minimum absolute atomic E-state index is 0.546. The van der Waals surface area contributed by atoms with E-state index in [1.165, 1.54) is 6.08 Å². The van der Waals surface area contributed by atoms with Crippen molar-refractivity contribution in [1.29, 1.82) is 5.26 Å². The van der Waals surface area contributed by atoms with E-state index < -0.39 is 12.3 Å². The third kappa shape index (κ3) is 4.32. The fraction of sp³-hybridized carbons (Fsp3) is 0.0526. The van der Waals surface area contributed by atoms with Crippen molar-refractivity contribution in [2.75, 3.05) is 0 Å². The topological polar surface area (TPSA) is 59.3 Å². The minimum Gasteiger partial charge on any atom is -0.451 e. The molecule has 4 heteroatoms. The number of carbonyl (C=O) groups is 1. The summed E-state index contributed by atoms with van der Waals surface area (Å²) in [6.07, 6.45) is 1.57. The summed E-state index contributed by atoms with van der Waals surface area (Å²) in [6, 6.07) is 16.7. The number of hydrogen-bond acceptors (Lipinski definition) is 4. The summed E-state index contributed by atoms with van der Waals surface area (Å²) in [5, 5.41) is 8.81. The molecular formula is C19H15NO3. The molecule has 4 nitrogen and oxygen atoms in total. The lowest BCUT2D eigenvalue weighted by Gasteiger charge is -2.15. The van der Waals surface area contributed by atoms with E-state index in [0.717, 1.165) is 17.2 Å². The van der Waals surface area contributed by atoms with E-state index in [1.54, 1.807) is 24.3 Å². The van der Waals surface area contributed by atoms with Gasteiger partial charge in [-0.2, -0.15) is 5.26 Å². The molecule has 0 saturated carbocycles. The van der Waals surface area contributed by atoms with E-state index in [0.29, 0.717) is 11.3 Å². The van der Waals surface area contributed by atoms with E-state index in [9.17, 15) is 4.79 Å². The number of esters is 1. The van der Waals surface area contributed by atoms with Gasteiger partial charge in [-0.25, -0.2) is 4.79 Å². The van der Waals surface area contributed by atoms with Gasteiger partial charge < -0.3 is 9.47 Å². The standard InChI is InChI=1S/C19H15NO3/c1-3-18(21)23-19(4-2)22-17-11-9-16(10-12-17)15-7-5-14(13-20)6-8-15/h3-12,19H,1-2H2. The highest BCUT2D eigenvalue weighted by Crippen LogP contribution is 2.23. The van der Waals surface area contributed by atoms with Crippen LogP contribution in [0, 0.1) is 11.3 Å². The number of carbonyl (C=O) groups excluding carboxylic acids is 1. The van der Waals surface area contributed by atoms with Crippen LogP contribution in [-0.2, 0) is 9.53 Å². The van der Waals surface area contributed by atoms with E-state index in [1.807, 2.05) is 24.3 Å². The van der Waals surface area contributed by atoms with Crippen LogP contribution in [0.5, 0.6) is 5.75 Å². The van der Waals surface area contributed by atoms with Crippen LogP contribution in [0.3, 0.4) is 0 Å². The van der Waals surface area contributed by atoms with Crippen LogP contribution in [0.25, 0.3) is 11.1 Å². The molecule has 2 rings (SSSR count). The van der Waals surface area contributed by atoms with Crippen LogP contribution in [0.2, 0.25) is 0 Å². The van der Waals surface area contributed by atoms with E-state index in [-0.39, 0.29) is 0 Å². The van der Waals surface area contributed by atoms with Crippen LogP contribution in [0.15, 0.2) is 73.8 Å². The van der Waals surface area contributed by atoms with Gasteiger partial charge in [-0.1, -0.05) is 37.4 Å². The smallest absolute Gasteiger partial charge is 0.333 e. The van der Waals surface area contributed by atoms with E-state index in [2.05, 4.69) is 19.2 Å². The van der Waals surface area contributed by atoms with Crippen molar-refractivity contribution in [3.05, 3.63) is 79.4 Å². The molecule has 0 amide bonds. The van der Waals surface area contributed by atoms with Gasteiger partial charge in [0.1, 0.15) is 5.75 Å². The maximum atomic E-state index is 11.2. The van der Waals surface area contributed by atoms with Crippen LogP contribution in [0.4, 0.5) is 0 Å². The molecule has 0 heterocycles. The Bertz CT molecular complexity index is 740. The molecule has 0 aliphatic rings. The van der Waals surface area contributed by atoms with Crippen LogP contribution >= 0.6 is 0 Å². The summed E-state index contributed by atoms with van der Waals surface area (Å²) in [6.45, 7) is 6.89. The molecule has 0 saturated heterocycles. The second-order valence-corrected chi connectivity index (χ2v) is 4.58. The van der Waals surface area contributed by atoms with Gasteiger partial charge in [0.05, 0.1) is 11.6 Å². The first-order valence-electron chi connectivity index (χ1n) is 6.89. The number of nitrogens with zero attached hydrogens (tertiary/aromatic N) is 1. The number of rotatable bonds is 6. The van der Waals surface area contributed by atoms with Crippen molar-refractivity contribution in [2.24, 2.45) is 0 Å². The van der Waals surface area contributed by atoms with Gasteiger partial charge in [0, 0.05) is 6.08 Å². The normalized spacial score (nSPS) is 10.9. The Morgan fingerprint density at radius 2 is 1.61 bits per heavy atom. The predicted molar refractivity (Wildman–Crippen MR) is 87.5 cm³/mol. The number of hydrogen-bond donors (Lipinski definition) is 0. The predicted octanol–water partition coefficient (Wildman–Crippen LogP) is 3.85. The Morgan fingerprint density at radius 3 is 2.09 bits per heavy atom. The molecular weight excluding hydrogens is 290 g/mol. The van der Waals surface area contributed by atoms with Crippen molar-refractivity contribution in [3.63, 3.8) is 0 Å². The third-order valence-corrected chi connectivity index (χ3v) is 3.05. The maximum absolute atomic E-state index is 11.2. The quantitative estimate of drug-likeness (QED) is 0.352. The molecule has 1 unspecified atom stereocenters. The lowest BCUT2D eigenvalue weighted by molar-refractivity contribution is -0.151. The van der Waals surface area contributed by atoms with Gasteiger partial charge in [0.15, 0.2) is 0 Å². The first-order valence-corrected chi connectivity index (χ1v) is 6.89. The highest BCUT2D eigenvalue weighted by atomic mass is 16.7. The highest BCUT2D eigenvalue weighted by Gasteiger charge is 2.10. The number of benzene rings is 2. The van der Waals surface area contributed by atoms with Crippen molar-refractivity contribution in [2.45, 2.75) is 6.29 Å². The second-order valence-electron chi connectivity index (χ2n) is 4.58. The second kappa shape index (κ2) is 7.62. The van der Waals surface area contributed by atoms with Crippen molar-refractivity contribution < 1.29 is 14.3 Å². The number of nitriles is 1. The molecule has 0 radical (unpaired) electrons. The molecule has 114 valence electrons. The lowest BCUT2D eigenvalue weighted by Crippen LogP contribution is -2.20. The zero-order valence-corrected chi connectivity index (χ0v) is 12.4. The van der Waals surface area contributed by atoms with Gasteiger partial charge in [-0.05, 0) is 41.5 Å². The molecule has 0 bridgehead atoms. The molecule has 1 atom stereocenters. The summed E-state index contributed by atoms with van der Waals surface area (Å²) in [5.41, 5.74) is 2.60. The summed E-state index contributed by atoms with van der Waals surface area (Å²) in [5.74, 6) is -0.0340. The van der Waals surface area contributed by atoms with Crippen LogP contribution < -0.4 is 4.74 Å². The van der Waals surface area contributed by atoms with Crippen molar-refractivity contribution in [3.8, 4) is 22.9 Å². The highest BCUT2D eigenvalue weighted by molar-refractivity contribution is 5.81. The maximum Gasteiger partial charge on any atom is 0.333 e. The molecule has 23 heavy (non-hydrogen) atoms. The van der Waals surface area contributed by atoms with Crippen LogP contribution in [0.1, 0.15) is 5.56 Å². The minimum atomic E-state index is -0.874. The summed E-state index contributed by atoms with van der Waals surface area (Å²) >= 11 is 0. The van der Waals surface area contributed by atoms with Crippen molar-refractivity contribution in [1.82, 2.24) is 0 Å². The van der Waals surface area contributed by atoms with Gasteiger partial charge in [0.2, 0.25) is 0 Å². The first-order chi connectivity index (χ1) is 11.2. The Hall–Kier alpha value is -3.32. The van der Waals surface area contributed by atoms with E-state index in [4.69, 9.17) is 14.7 Å². The Labute approximate surface area is 134 Å². The molecule has 2 aromatic rings. The van der Waals surface area contributed by atoms with Crippen molar-refractivity contribution >= 4 is 5.97 Å². The Kier molecular flexibility index (Phi) is 5.32. The van der Waals surface area contributed by atoms with E-state index >= 15 is 0 Å². The summed E-state index contributed by atoms with van der Waals surface area (Å²) in [4.78, 5) is 11.2. The Morgan fingerprint density at radius 1 is 1.04 bits per heavy atom. The van der Waals surface area contributed by atoms with Crippen LogP contribution in [-0.4, -0.2) is 12.3 Å². The molecule has 0 fully saturated rings. The van der Waals surface area contributed by atoms with Gasteiger partial charge in [-0.3, -0.25) is 0 Å².